The first-order valence-electron chi connectivity index (χ1n) is 10.7. The first kappa shape index (κ1) is 20.7. The highest BCUT2D eigenvalue weighted by Crippen LogP contribution is 2.36. The van der Waals surface area contributed by atoms with Gasteiger partial charge in [0, 0.05) is 37.7 Å². The molecule has 3 aromatic rings. The van der Waals surface area contributed by atoms with Crippen molar-refractivity contribution in [3.8, 4) is 16.9 Å². The summed E-state index contributed by atoms with van der Waals surface area (Å²) >= 11 is 1.59. The third kappa shape index (κ3) is 4.29. The molecule has 2 atom stereocenters. The fourth-order valence-corrected chi connectivity index (χ4v) is 4.78. The molecule has 1 aromatic heterocycles. The van der Waals surface area contributed by atoms with E-state index in [0.717, 1.165) is 46.6 Å². The van der Waals surface area contributed by atoms with E-state index in [1.54, 1.807) is 11.3 Å². The number of fused-ring (bicyclic) bond motifs is 1. The fourth-order valence-electron chi connectivity index (χ4n) is 4.05. The van der Waals surface area contributed by atoms with E-state index in [1.165, 1.54) is 5.69 Å². The van der Waals surface area contributed by atoms with Gasteiger partial charge in [0.25, 0.3) is 0 Å². The van der Waals surface area contributed by atoms with Crippen LogP contribution >= 0.6 is 11.3 Å². The van der Waals surface area contributed by atoms with Crippen LogP contribution in [0.2, 0.25) is 0 Å². The van der Waals surface area contributed by atoms with Crippen LogP contribution in [0.15, 0.2) is 41.9 Å². The maximum absolute atomic E-state index is 11.6. The molecule has 0 bridgehead atoms. The second-order valence-corrected chi connectivity index (χ2v) is 8.75. The largest absolute Gasteiger partial charge is 0.489 e. The summed E-state index contributed by atoms with van der Waals surface area (Å²) in [4.78, 5) is 18.5. The van der Waals surface area contributed by atoms with Crippen LogP contribution in [0.5, 0.6) is 5.75 Å². The lowest BCUT2D eigenvalue weighted by atomic mass is 10.0. The first-order valence-corrected chi connectivity index (χ1v) is 11.6. The molecule has 1 aliphatic rings. The number of benzene rings is 2. The highest BCUT2D eigenvalue weighted by Gasteiger charge is 2.28. The van der Waals surface area contributed by atoms with E-state index < -0.39 is 0 Å². The quantitative estimate of drug-likeness (QED) is 0.547. The van der Waals surface area contributed by atoms with E-state index >= 15 is 0 Å². The summed E-state index contributed by atoms with van der Waals surface area (Å²) in [6, 6.07) is 13.0. The van der Waals surface area contributed by atoms with E-state index in [-0.39, 0.29) is 17.9 Å². The Balaban J connectivity index is 1.61. The molecule has 30 heavy (non-hydrogen) atoms. The summed E-state index contributed by atoms with van der Waals surface area (Å²) < 4.78 is 7.42. The SMILES string of the molecule is CCCN(CC)c1ccc(-c2cc(OC(C)C3CNC(=O)C3)c3scnc3c2)cc1. The number of hydrogen-bond acceptors (Lipinski definition) is 5. The Morgan fingerprint density at radius 1 is 1.23 bits per heavy atom. The zero-order chi connectivity index (χ0) is 21.1. The molecule has 0 aliphatic carbocycles. The number of rotatable bonds is 8. The standard InChI is InChI=1S/C24H29N3O2S/c1-4-10-27(5-2)20-8-6-17(7-9-20)18-11-21-24(30-15-26-21)22(12-18)29-16(3)19-13-23(28)25-14-19/h6-9,11-12,15-16,19H,4-5,10,13-14H2,1-3H3,(H,25,28). The number of anilines is 1. The molecule has 1 amide bonds. The average Bonchev–Trinajstić information content (AvgIpc) is 3.41. The van der Waals surface area contributed by atoms with Crippen LogP contribution in [0.4, 0.5) is 5.69 Å². The van der Waals surface area contributed by atoms with Gasteiger partial charge < -0.3 is 15.0 Å². The van der Waals surface area contributed by atoms with Gasteiger partial charge >= 0.3 is 0 Å². The second kappa shape index (κ2) is 9.04. The van der Waals surface area contributed by atoms with E-state index in [0.29, 0.717) is 13.0 Å². The van der Waals surface area contributed by atoms with Crippen molar-refractivity contribution >= 4 is 33.1 Å². The van der Waals surface area contributed by atoms with Crippen LogP contribution in [-0.4, -0.2) is 36.6 Å². The number of nitrogens with zero attached hydrogens (tertiary/aromatic N) is 2. The predicted molar refractivity (Wildman–Crippen MR) is 124 cm³/mol. The van der Waals surface area contributed by atoms with Crippen LogP contribution in [-0.2, 0) is 4.79 Å². The molecule has 1 aliphatic heterocycles. The number of ether oxygens (including phenoxy) is 1. The topological polar surface area (TPSA) is 54.5 Å². The van der Waals surface area contributed by atoms with Gasteiger partial charge in [0.15, 0.2) is 0 Å². The van der Waals surface area contributed by atoms with E-state index in [9.17, 15) is 4.79 Å². The number of amides is 1. The van der Waals surface area contributed by atoms with Gasteiger partial charge in [0.05, 0.1) is 15.7 Å². The predicted octanol–water partition coefficient (Wildman–Crippen LogP) is 5.10. The number of hydrogen-bond donors (Lipinski definition) is 1. The van der Waals surface area contributed by atoms with Gasteiger partial charge in [0.2, 0.25) is 5.91 Å². The Morgan fingerprint density at radius 3 is 2.70 bits per heavy atom. The molecule has 1 fully saturated rings. The van der Waals surface area contributed by atoms with E-state index in [4.69, 9.17) is 4.74 Å². The molecule has 1 N–H and O–H groups in total. The maximum atomic E-state index is 11.6. The molecular weight excluding hydrogens is 394 g/mol. The summed E-state index contributed by atoms with van der Waals surface area (Å²) in [6.07, 6.45) is 1.62. The molecule has 0 saturated carbocycles. The molecule has 0 radical (unpaired) electrons. The van der Waals surface area contributed by atoms with Crippen LogP contribution in [0.3, 0.4) is 0 Å². The average molecular weight is 424 g/mol. The summed E-state index contributed by atoms with van der Waals surface area (Å²) in [5, 5.41) is 2.90. The van der Waals surface area contributed by atoms with Crippen molar-refractivity contribution in [2.24, 2.45) is 5.92 Å². The summed E-state index contributed by atoms with van der Waals surface area (Å²) in [6.45, 7) is 9.20. The number of thiazole rings is 1. The second-order valence-electron chi connectivity index (χ2n) is 7.89. The minimum Gasteiger partial charge on any atom is -0.489 e. The van der Waals surface area contributed by atoms with Crippen molar-refractivity contribution in [1.29, 1.82) is 0 Å². The lowest BCUT2D eigenvalue weighted by molar-refractivity contribution is -0.119. The monoisotopic (exact) mass is 423 g/mol. The smallest absolute Gasteiger partial charge is 0.220 e. The van der Waals surface area contributed by atoms with Crippen molar-refractivity contribution < 1.29 is 9.53 Å². The minimum absolute atomic E-state index is 0.0426. The van der Waals surface area contributed by atoms with E-state index in [2.05, 4.69) is 65.4 Å². The molecule has 2 aromatic carbocycles. The lowest BCUT2D eigenvalue weighted by Gasteiger charge is -2.23. The highest BCUT2D eigenvalue weighted by molar-refractivity contribution is 7.17. The number of carbonyl (C=O) groups is 1. The van der Waals surface area contributed by atoms with Gasteiger partial charge in [-0.2, -0.15) is 0 Å². The Kier molecular flexibility index (Phi) is 6.23. The molecule has 2 unspecified atom stereocenters. The van der Waals surface area contributed by atoms with Crippen molar-refractivity contribution in [2.75, 3.05) is 24.5 Å². The number of carbonyl (C=O) groups excluding carboxylic acids is 1. The molecule has 4 rings (SSSR count). The molecule has 158 valence electrons. The van der Waals surface area contributed by atoms with Crippen LogP contribution in [0, 0.1) is 5.92 Å². The molecule has 5 nitrogen and oxygen atoms in total. The summed E-state index contributed by atoms with van der Waals surface area (Å²) in [5.41, 5.74) is 6.31. The highest BCUT2D eigenvalue weighted by atomic mass is 32.1. The van der Waals surface area contributed by atoms with Gasteiger partial charge in [0.1, 0.15) is 11.9 Å². The van der Waals surface area contributed by atoms with Gasteiger partial charge in [-0.25, -0.2) is 4.98 Å². The number of nitrogens with one attached hydrogen (secondary N) is 1. The van der Waals surface area contributed by atoms with Crippen molar-refractivity contribution in [2.45, 2.75) is 39.7 Å². The lowest BCUT2D eigenvalue weighted by Crippen LogP contribution is -2.25. The van der Waals surface area contributed by atoms with Gasteiger partial charge in [-0.3, -0.25) is 4.79 Å². The van der Waals surface area contributed by atoms with Gasteiger partial charge in [-0.1, -0.05) is 19.1 Å². The molecule has 1 saturated heterocycles. The Morgan fingerprint density at radius 2 is 2.03 bits per heavy atom. The van der Waals surface area contributed by atoms with Gasteiger partial charge in [-0.05, 0) is 55.7 Å². The molecular formula is C24H29N3O2S. The number of aromatic nitrogens is 1. The maximum Gasteiger partial charge on any atom is 0.220 e. The Hall–Kier alpha value is -2.60. The third-order valence-corrected chi connectivity index (χ3v) is 6.68. The Bertz CT molecular complexity index is 1010. The zero-order valence-corrected chi connectivity index (χ0v) is 18.7. The normalized spacial score (nSPS) is 17.2. The van der Waals surface area contributed by atoms with Crippen molar-refractivity contribution in [3.63, 3.8) is 0 Å². The molecule has 2 heterocycles. The minimum atomic E-state index is -0.0426. The molecule has 0 spiro atoms. The summed E-state index contributed by atoms with van der Waals surface area (Å²) in [7, 11) is 0. The van der Waals surface area contributed by atoms with Crippen molar-refractivity contribution in [3.05, 3.63) is 41.9 Å². The van der Waals surface area contributed by atoms with Crippen LogP contribution in [0.25, 0.3) is 21.3 Å². The molecule has 6 heteroatoms. The zero-order valence-electron chi connectivity index (χ0n) is 17.9. The van der Waals surface area contributed by atoms with Gasteiger partial charge in [-0.15, -0.1) is 11.3 Å². The van der Waals surface area contributed by atoms with E-state index in [1.807, 2.05) is 12.4 Å². The van der Waals surface area contributed by atoms with Crippen LogP contribution < -0.4 is 15.0 Å². The fraction of sp³-hybridized carbons (Fsp3) is 0.417. The summed E-state index contributed by atoms with van der Waals surface area (Å²) in [5.74, 6) is 1.15. The Labute approximate surface area is 182 Å². The van der Waals surface area contributed by atoms with Crippen LogP contribution in [0.1, 0.15) is 33.6 Å². The first-order chi connectivity index (χ1) is 14.6. The third-order valence-electron chi connectivity index (χ3n) is 5.82. The van der Waals surface area contributed by atoms with Crippen molar-refractivity contribution in [1.82, 2.24) is 10.3 Å².